The van der Waals surface area contributed by atoms with E-state index in [0.29, 0.717) is 18.6 Å². The highest BCUT2D eigenvalue weighted by atomic mass is 16.5. The molecule has 1 aliphatic carbocycles. The van der Waals surface area contributed by atoms with Crippen LogP contribution in [0.2, 0.25) is 0 Å². The van der Waals surface area contributed by atoms with Crippen LogP contribution in [0, 0.1) is 5.92 Å². The third kappa shape index (κ3) is 4.80. The Morgan fingerprint density at radius 3 is 2.45 bits per heavy atom. The van der Waals surface area contributed by atoms with Crippen LogP contribution in [0.3, 0.4) is 0 Å². The molecule has 1 aliphatic rings. The third-order valence-corrected chi connectivity index (χ3v) is 4.10. The Morgan fingerprint density at radius 1 is 1.15 bits per heavy atom. The molecule has 1 aromatic carbocycles. The molecule has 0 bridgehead atoms. The van der Waals surface area contributed by atoms with Crippen molar-refractivity contribution in [1.29, 1.82) is 0 Å². The average Bonchev–Trinajstić information content (AvgIpc) is 2.52. The van der Waals surface area contributed by atoms with Crippen molar-refractivity contribution in [3.05, 3.63) is 29.8 Å². The summed E-state index contributed by atoms with van der Waals surface area (Å²) < 4.78 is 5.58. The van der Waals surface area contributed by atoms with Crippen LogP contribution in [0.4, 0.5) is 0 Å². The fourth-order valence-electron chi connectivity index (χ4n) is 2.73. The molecule has 3 heteroatoms. The van der Waals surface area contributed by atoms with E-state index in [1.807, 2.05) is 0 Å². The van der Waals surface area contributed by atoms with Gasteiger partial charge in [-0.1, -0.05) is 19.1 Å². The van der Waals surface area contributed by atoms with Crippen molar-refractivity contribution in [3.63, 3.8) is 0 Å². The van der Waals surface area contributed by atoms with Gasteiger partial charge in [-0.05, 0) is 55.7 Å². The van der Waals surface area contributed by atoms with Crippen LogP contribution in [-0.4, -0.2) is 24.4 Å². The first-order chi connectivity index (χ1) is 9.81. The van der Waals surface area contributed by atoms with Gasteiger partial charge in [0, 0.05) is 19.2 Å². The van der Waals surface area contributed by atoms with Crippen molar-refractivity contribution < 1.29 is 9.84 Å². The summed E-state index contributed by atoms with van der Waals surface area (Å²) in [6, 6.07) is 8.98. The molecule has 112 valence electrons. The van der Waals surface area contributed by atoms with Gasteiger partial charge in [-0.25, -0.2) is 0 Å². The number of aliphatic hydroxyl groups is 1. The lowest BCUT2D eigenvalue weighted by Crippen LogP contribution is -2.33. The van der Waals surface area contributed by atoms with Crippen LogP contribution < -0.4 is 10.1 Å². The summed E-state index contributed by atoms with van der Waals surface area (Å²) in [5.41, 5.74) is 1.30. The first-order valence-electron chi connectivity index (χ1n) is 7.87. The van der Waals surface area contributed by atoms with Gasteiger partial charge < -0.3 is 15.2 Å². The van der Waals surface area contributed by atoms with Gasteiger partial charge in [0.05, 0.1) is 6.61 Å². The summed E-state index contributed by atoms with van der Waals surface area (Å²) >= 11 is 0. The van der Waals surface area contributed by atoms with Crippen molar-refractivity contribution in [2.24, 2.45) is 5.92 Å². The van der Waals surface area contributed by atoms with Crippen LogP contribution in [0.25, 0.3) is 0 Å². The molecule has 0 saturated heterocycles. The second-order valence-corrected chi connectivity index (χ2v) is 5.77. The molecule has 3 nitrogen and oxygen atoms in total. The Bertz CT molecular complexity index is 369. The average molecular weight is 277 g/mol. The summed E-state index contributed by atoms with van der Waals surface area (Å²) in [6.07, 6.45) is 5.71. The largest absolute Gasteiger partial charge is 0.494 e. The zero-order chi connectivity index (χ0) is 14.2. The highest BCUT2D eigenvalue weighted by molar-refractivity contribution is 5.27. The first kappa shape index (κ1) is 15.3. The molecule has 2 N–H and O–H groups in total. The van der Waals surface area contributed by atoms with Gasteiger partial charge in [0.1, 0.15) is 5.75 Å². The number of benzene rings is 1. The van der Waals surface area contributed by atoms with Crippen molar-refractivity contribution in [3.8, 4) is 5.75 Å². The molecule has 0 spiro atoms. The van der Waals surface area contributed by atoms with E-state index in [4.69, 9.17) is 9.84 Å². The van der Waals surface area contributed by atoms with Crippen molar-refractivity contribution in [2.75, 3.05) is 13.2 Å². The van der Waals surface area contributed by atoms with Crippen LogP contribution >= 0.6 is 0 Å². The lowest BCUT2D eigenvalue weighted by Gasteiger charge is -2.28. The summed E-state index contributed by atoms with van der Waals surface area (Å²) in [7, 11) is 0. The maximum absolute atomic E-state index is 9.14. The van der Waals surface area contributed by atoms with Crippen molar-refractivity contribution in [2.45, 2.75) is 51.6 Å². The van der Waals surface area contributed by atoms with Gasteiger partial charge in [-0.15, -0.1) is 0 Å². The van der Waals surface area contributed by atoms with E-state index in [2.05, 4.69) is 36.5 Å². The molecular weight excluding hydrogens is 250 g/mol. The monoisotopic (exact) mass is 277 g/mol. The Morgan fingerprint density at radius 2 is 1.85 bits per heavy atom. The normalized spacial score (nSPS) is 22.7. The van der Waals surface area contributed by atoms with Gasteiger partial charge in [-0.3, -0.25) is 0 Å². The van der Waals surface area contributed by atoms with Crippen LogP contribution in [-0.2, 0) is 6.54 Å². The molecule has 0 aromatic heterocycles. The molecular formula is C17H27NO2. The van der Waals surface area contributed by atoms with Crippen LogP contribution in [0.5, 0.6) is 5.75 Å². The van der Waals surface area contributed by atoms with Gasteiger partial charge >= 0.3 is 0 Å². The number of rotatable bonds is 7. The molecule has 0 aliphatic heterocycles. The highest BCUT2D eigenvalue weighted by Gasteiger charge is 2.19. The van der Waals surface area contributed by atoms with Gasteiger partial charge in [0.25, 0.3) is 0 Å². The maximum Gasteiger partial charge on any atom is 0.119 e. The summed E-state index contributed by atoms with van der Waals surface area (Å²) in [6.45, 7) is 4.17. The lowest BCUT2D eigenvalue weighted by atomic mass is 9.86. The SMILES string of the molecule is CCCOc1ccc(CNC2CCC(CO)CC2)cc1. The van der Waals surface area contributed by atoms with Gasteiger partial charge in [0.2, 0.25) is 0 Å². The second-order valence-electron chi connectivity index (χ2n) is 5.77. The molecule has 1 aromatic rings. The number of hydrogen-bond donors (Lipinski definition) is 2. The first-order valence-corrected chi connectivity index (χ1v) is 7.87. The number of nitrogens with one attached hydrogen (secondary N) is 1. The zero-order valence-corrected chi connectivity index (χ0v) is 12.5. The Labute approximate surface area is 122 Å². The lowest BCUT2D eigenvalue weighted by molar-refractivity contribution is 0.175. The van der Waals surface area contributed by atoms with E-state index < -0.39 is 0 Å². The standard InChI is InChI=1S/C17H27NO2/c1-2-11-20-17-9-5-14(6-10-17)12-18-16-7-3-15(13-19)4-8-16/h5-6,9-10,15-16,18-19H,2-4,7-8,11-13H2,1H3. The summed E-state index contributed by atoms with van der Waals surface area (Å²) in [5, 5.41) is 12.8. The van der Waals surface area contributed by atoms with Crippen LogP contribution in [0.15, 0.2) is 24.3 Å². The fourth-order valence-corrected chi connectivity index (χ4v) is 2.73. The summed E-state index contributed by atoms with van der Waals surface area (Å²) in [5.74, 6) is 1.49. The molecule has 0 amide bonds. The van der Waals surface area contributed by atoms with Crippen molar-refractivity contribution >= 4 is 0 Å². The van der Waals surface area contributed by atoms with Gasteiger partial charge in [-0.2, -0.15) is 0 Å². The molecule has 0 atom stereocenters. The minimum absolute atomic E-state index is 0.353. The predicted octanol–water partition coefficient (Wildman–Crippen LogP) is 3.12. The molecule has 1 fully saturated rings. The summed E-state index contributed by atoms with van der Waals surface area (Å²) in [4.78, 5) is 0. The maximum atomic E-state index is 9.14. The molecule has 20 heavy (non-hydrogen) atoms. The van der Waals surface area contributed by atoms with Gasteiger partial charge in [0.15, 0.2) is 0 Å². The molecule has 1 saturated carbocycles. The number of aliphatic hydroxyl groups excluding tert-OH is 1. The van der Waals surface area contributed by atoms with E-state index in [0.717, 1.165) is 38.2 Å². The topological polar surface area (TPSA) is 41.5 Å². The highest BCUT2D eigenvalue weighted by Crippen LogP contribution is 2.24. The molecule has 2 rings (SSSR count). The van der Waals surface area contributed by atoms with E-state index >= 15 is 0 Å². The molecule has 0 unspecified atom stereocenters. The fraction of sp³-hybridized carbons (Fsp3) is 0.647. The van der Waals surface area contributed by atoms with E-state index in [1.165, 1.54) is 18.4 Å². The zero-order valence-electron chi connectivity index (χ0n) is 12.5. The Kier molecular flexibility index (Phi) is 6.34. The van der Waals surface area contributed by atoms with E-state index in [9.17, 15) is 0 Å². The minimum Gasteiger partial charge on any atom is -0.494 e. The smallest absolute Gasteiger partial charge is 0.119 e. The Balaban J connectivity index is 1.71. The Hall–Kier alpha value is -1.06. The molecule has 0 radical (unpaired) electrons. The van der Waals surface area contributed by atoms with E-state index in [1.54, 1.807) is 0 Å². The second kappa shape index (κ2) is 8.28. The number of ether oxygens (including phenoxy) is 1. The quantitative estimate of drug-likeness (QED) is 0.804. The van der Waals surface area contributed by atoms with E-state index in [-0.39, 0.29) is 0 Å². The van der Waals surface area contributed by atoms with Crippen molar-refractivity contribution in [1.82, 2.24) is 5.32 Å². The molecule has 0 heterocycles. The number of hydrogen-bond acceptors (Lipinski definition) is 3. The van der Waals surface area contributed by atoms with Crippen LogP contribution in [0.1, 0.15) is 44.6 Å². The predicted molar refractivity (Wildman–Crippen MR) is 81.9 cm³/mol. The third-order valence-electron chi connectivity index (χ3n) is 4.10. The minimum atomic E-state index is 0.353.